The number of rotatable bonds is 11. The molecule has 0 saturated carbocycles. The number of hydrogen-bond acceptors (Lipinski definition) is 9. The Labute approximate surface area is 143 Å². The molecule has 0 rings (SSSR count). The van der Waals surface area contributed by atoms with Crippen LogP contribution < -0.4 is 0 Å². The smallest absolute Gasteiger partial charge is 0.388 e. The Morgan fingerprint density at radius 2 is 1.36 bits per heavy atom. The summed E-state index contributed by atoms with van der Waals surface area (Å²) in [6, 6.07) is 0. The van der Waals surface area contributed by atoms with Crippen LogP contribution in [0.1, 0.15) is 0 Å². The molecule has 0 bridgehead atoms. The van der Waals surface area contributed by atoms with Crippen LogP contribution in [0.5, 0.6) is 0 Å². The van der Waals surface area contributed by atoms with Gasteiger partial charge >= 0.3 is 17.7 Å². The molecular weight excluding hydrogens is 456 g/mol. The topological polar surface area (TPSA) is 154 Å². The van der Waals surface area contributed by atoms with Gasteiger partial charge < -0.3 is 23.5 Å². The molecule has 14 heteroatoms. The Kier molecular flexibility index (Phi) is 8.49. The summed E-state index contributed by atoms with van der Waals surface area (Å²) in [7, 11) is -2.24. The standard InChI is InChI=1S/C8H16Br2N2O9Si/c1-19-22(2,20-5-7(9,3-13)11(15)16)21-6-8(10,4-14)12(17)18/h13-14H,3-6H2,1-2H3. The van der Waals surface area contributed by atoms with Gasteiger partial charge in [0.25, 0.3) is 0 Å². The Bertz CT molecular complexity index is 385. The molecule has 2 atom stereocenters. The molecule has 0 aromatic carbocycles. The van der Waals surface area contributed by atoms with Gasteiger partial charge in [0.2, 0.25) is 0 Å². The lowest BCUT2D eigenvalue weighted by Crippen LogP contribution is -2.52. The van der Waals surface area contributed by atoms with Crippen molar-refractivity contribution in [1.82, 2.24) is 0 Å². The van der Waals surface area contributed by atoms with E-state index in [9.17, 15) is 20.2 Å². The van der Waals surface area contributed by atoms with E-state index in [4.69, 9.17) is 23.5 Å². The predicted molar refractivity (Wildman–Crippen MR) is 82.0 cm³/mol. The maximum absolute atomic E-state index is 10.8. The highest BCUT2D eigenvalue weighted by molar-refractivity contribution is 9.10. The van der Waals surface area contributed by atoms with Crippen LogP contribution in [-0.4, -0.2) is 71.3 Å². The van der Waals surface area contributed by atoms with Crippen LogP contribution in [0.4, 0.5) is 0 Å². The van der Waals surface area contributed by atoms with Crippen molar-refractivity contribution in [2.45, 2.75) is 15.4 Å². The average molecular weight is 472 g/mol. The van der Waals surface area contributed by atoms with E-state index in [0.717, 1.165) is 0 Å². The Morgan fingerprint density at radius 1 is 1.05 bits per heavy atom. The van der Waals surface area contributed by atoms with Gasteiger partial charge in [0, 0.05) is 55.4 Å². The van der Waals surface area contributed by atoms with Crippen molar-refractivity contribution in [2.75, 3.05) is 33.5 Å². The Balaban J connectivity index is 4.86. The Morgan fingerprint density at radius 3 is 1.55 bits per heavy atom. The zero-order chi connectivity index (χ0) is 17.6. The molecule has 22 heavy (non-hydrogen) atoms. The van der Waals surface area contributed by atoms with E-state index in [-0.39, 0.29) is 0 Å². The summed E-state index contributed by atoms with van der Waals surface area (Å²) >= 11 is 5.48. The molecular formula is C8H16Br2N2O9Si. The maximum atomic E-state index is 10.8. The third-order valence-electron chi connectivity index (χ3n) is 2.62. The minimum atomic E-state index is -3.46. The van der Waals surface area contributed by atoms with E-state index in [2.05, 4.69) is 31.9 Å². The van der Waals surface area contributed by atoms with Crippen molar-refractivity contribution in [2.24, 2.45) is 0 Å². The van der Waals surface area contributed by atoms with Crippen LogP contribution in [0.3, 0.4) is 0 Å². The number of hydrogen-bond donors (Lipinski definition) is 2. The van der Waals surface area contributed by atoms with Crippen LogP contribution in [-0.2, 0) is 13.3 Å². The van der Waals surface area contributed by atoms with E-state index in [1.165, 1.54) is 13.7 Å². The molecule has 0 spiro atoms. The molecule has 0 aromatic heterocycles. The number of aliphatic hydroxyl groups is 2. The fourth-order valence-electron chi connectivity index (χ4n) is 0.955. The first-order valence-corrected chi connectivity index (χ1v) is 9.51. The fraction of sp³-hybridized carbons (Fsp3) is 1.00. The van der Waals surface area contributed by atoms with Gasteiger partial charge in [-0.15, -0.1) is 0 Å². The largest absolute Gasteiger partial charge is 0.497 e. The van der Waals surface area contributed by atoms with E-state index in [1.54, 1.807) is 0 Å². The first-order chi connectivity index (χ1) is 9.98. The quantitative estimate of drug-likeness (QED) is 0.139. The summed E-state index contributed by atoms with van der Waals surface area (Å²) in [6.45, 7) is -1.49. The summed E-state index contributed by atoms with van der Waals surface area (Å²) in [5, 5.41) is 39.7. The maximum Gasteiger partial charge on any atom is 0.497 e. The zero-order valence-corrected chi connectivity index (χ0v) is 15.9. The third kappa shape index (κ3) is 5.77. The second-order valence-electron chi connectivity index (χ2n) is 4.31. The zero-order valence-electron chi connectivity index (χ0n) is 11.7. The minimum absolute atomic E-state index is 0.583. The van der Waals surface area contributed by atoms with Crippen LogP contribution in [0, 0.1) is 20.2 Å². The van der Waals surface area contributed by atoms with Crippen molar-refractivity contribution in [1.29, 1.82) is 0 Å². The number of halogens is 2. The van der Waals surface area contributed by atoms with E-state index < -0.39 is 54.0 Å². The first-order valence-electron chi connectivity index (χ1n) is 5.70. The summed E-state index contributed by atoms with van der Waals surface area (Å²) in [6.07, 6.45) is 0. The molecule has 11 nitrogen and oxygen atoms in total. The molecule has 0 aliphatic carbocycles. The predicted octanol–water partition coefficient (Wildman–Crippen LogP) is -0.0449. The van der Waals surface area contributed by atoms with Crippen molar-refractivity contribution < 1.29 is 33.3 Å². The minimum Gasteiger partial charge on any atom is -0.388 e. The average Bonchev–Trinajstić information content (AvgIpc) is 2.49. The molecule has 0 heterocycles. The lowest BCUT2D eigenvalue weighted by atomic mass is 10.4. The van der Waals surface area contributed by atoms with Gasteiger partial charge in [-0.25, -0.2) is 0 Å². The summed E-state index contributed by atoms with van der Waals surface area (Å²) in [5.41, 5.74) is 0. The summed E-state index contributed by atoms with van der Waals surface area (Å²) in [5.74, 6) is 0. The van der Waals surface area contributed by atoms with Gasteiger partial charge in [0.15, 0.2) is 0 Å². The monoisotopic (exact) mass is 470 g/mol. The van der Waals surface area contributed by atoms with Crippen LogP contribution in [0.15, 0.2) is 0 Å². The summed E-state index contributed by atoms with van der Waals surface area (Å²) in [4.78, 5) is 20.1. The Hall–Kier alpha value is -0.223. The number of nitro groups is 2. The number of alkyl halides is 2. The van der Waals surface area contributed by atoms with Gasteiger partial charge in [0.1, 0.15) is 26.4 Å². The molecule has 0 aliphatic heterocycles. The second kappa shape index (κ2) is 8.58. The molecule has 0 radical (unpaired) electrons. The van der Waals surface area contributed by atoms with Crippen molar-refractivity contribution >= 4 is 40.7 Å². The van der Waals surface area contributed by atoms with Crippen LogP contribution >= 0.6 is 31.9 Å². The normalized spacial score (nSPS) is 19.7. The van der Waals surface area contributed by atoms with Crippen molar-refractivity contribution in [3.63, 3.8) is 0 Å². The summed E-state index contributed by atoms with van der Waals surface area (Å²) < 4.78 is 11.6. The van der Waals surface area contributed by atoms with Crippen molar-refractivity contribution in [3.05, 3.63) is 20.2 Å². The fourth-order valence-corrected chi connectivity index (χ4v) is 2.93. The lowest BCUT2D eigenvalue weighted by Gasteiger charge is -2.28. The molecule has 0 aliphatic rings. The van der Waals surface area contributed by atoms with E-state index >= 15 is 0 Å². The first kappa shape index (κ1) is 21.8. The molecule has 130 valence electrons. The highest BCUT2D eigenvalue weighted by Gasteiger charge is 2.48. The molecule has 0 fully saturated rings. The number of nitrogens with zero attached hydrogens (tertiary/aromatic N) is 2. The highest BCUT2D eigenvalue weighted by Crippen LogP contribution is 2.24. The van der Waals surface area contributed by atoms with Gasteiger partial charge in [-0.3, -0.25) is 20.2 Å². The number of aliphatic hydroxyl groups excluding tert-OH is 2. The highest BCUT2D eigenvalue weighted by atomic mass is 79.9. The van der Waals surface area contributed by atoms with E-state index in [0.29, 0.717) is 0 Å². The molecule has 0 aromatic rings. The third-order valence-corrected chi connectivity index (χ3v) is 6.24. The molecule has 0 amide bonds. The van der Waals surface area contributed by atoms with Crippen molar-refractivity contribution in [3.8, 4) is 0 Å². The SMILES string of the molecule is CO[Si](C)(OCC(Br)(CO)[N+](=O)[O-])OCC(Br)(CO)[N+](=O)[O-]. The van der Waals surface area contributed by atoms with Gasteiger partial charge in [-0.1, -0.05) is 0 Å². The molecule has 2 N–H and O–H groups in total. The van der Waals surface area contributed by atoms with Crippen LogP contribution in [0.25, 0.3) is 0 Å². The van der Waals surface area contributed by atoms with Gasteiger partial charge in [0.05, 0.1) is 0 Å². The second-order valence-corrected chi connectivity index (χ2v) is 9.97. The van der Waals surface area contributed by atoms with Crippen LogP contribution in [0.2, 0.25) is 6.55 Å². The molecule has 0 saturated heterocycles. The van der Waals surface area contributed by atoms with Gasteiger partial charge in [-0.05, 0) is 0 Å². The van der Waals surface area contributed by atoms with E-state index in [1.807, 2.05) is 0 Å². The lowest BCUT2D eigenvalue weighted by molar-refractivity contribution is -0.543. The van der Waals surface area contributed by atoms with Gasteiger partial charge in [-0.2, -0.15) is 0 Å². The molecule has 2 unspecified atom stereocenters.